The Balaban J connectivity index is 1.66. The number of amides is 2. The van der Waals surface area contributed by atoms with Crippen LogP contribution in [0.2, 0.25) is 0 Å². The molecule has 3 rings (SSSR count). The number of hydrogen-bond acceptors (Lipinski definition) is 4. The van der Waals surface area contributed by atoms with Gasteiger partial charge < -0.3 is 10.6 Å². The zero-order valence-electron chi connectivity index (χ0n) is 15.0. The van der Waals surface area contributed by atoms with Gasteiger partial charge in [-0.15, -0.1) is 11.3 Å². The molecule has 7 heteroatoms. The van der Waals surface area contributed by atoms with E-state index >= 15 is 0 Å². The van der Waals surface area contributed by atoms with Crippen LogP contribution in [0.25, 0.3) is 10.2 Å². The van der Waals surface area contributed by atoms with Crippen LogP contribution in [0.15, 0.2) is 48.5 Å². The van der Waals surface area contributed by atoms with E-state index in [1.54, 1.807) is 6.07 Å². The predicted molar refractivity (Wildman–Crippen MR) is 104 cm³/mol. The predicted octanol–water partition coefficient (Wildman–Crippen LogP) is 3.51. The van der Waals surface area contributed by atoms with Crippen LogP contribution in [-0.2, 0) is 11.3 Å². The number of fused-ring (bicyclic) bond motifs is 1. The van der Waals surface area contributed by atoms with Crippen molar-refractivity contribution in [1.82, 2.24) is 15.6 Å². The largest absolute Gasteiger partial charge is 0.348 e. The molecule has 1 aromatic heterocycles. The summed E-state index contributed by atoms with van der Waals surface area (Å²) in [5.41, 5.74) is 0.808. The van der Waals surface area contributed by atoms with Crippen molar-refractivity contribution in [2.45, 2.75) is 26.4 Å². The first kappa shape index (κ1) is 19.0. The normalized spacial score (nSPS) is 12.1. The van der Waals surface area contributed by atoms with Crippen LogP contribution >= 0.6 is 11.3 Å². The van der Waals surface area contributed by atoms with Crippen LogP contribution in [0.3, 0.4) is 0 Å². The molecule has 0 aliphatic carbocycles. The Kier molecular flexibility index (Phi) is 5.81. The number of hydrogen-bond donors (Lipinski definition) is 2. The van der Waals surface area contributed by atoms with E-state index in [0.29, 0.717) is 0 Å². The zero-order valence-corrected chi connectivity index (χ0v) is 15.8. The highest BCUT2D eigenvalue weighted by Gasteiger charge is 2.25. The molecule has 27 heavy (non-hydrogen) atoms. The lowest BCUT2D eigenvalue weighted by Gasteiger charge is -2.21. The van der Waals surface area contributed by atoms with E-state index in [4.69, 9.17) is 0 Å². The van der Waals surface area contributed by atoms with Crippen LogP contribution in [0.1, 0.15) is 29.2 Å². The minimum atomic E-state index is -0.772. The Morgan fingerprint density at radius 2 is 1.81 bits per heavy atom. The molecule has 1 heterocycles. The maximum absolute atomic E-state index is 13.8. The topological polar surface area (TPSA) is 71.1 Å². The quantitative estimate of drug-likeness (QED) is 0.682. The molecule has 0 unspecified atom stereocenters. The van der Waals surface area contributed by atoms with Gasteiger partial charge in [0.2, 0.25) is 5.91 Å². The fourth-order valence-corrected chi connectivity index (χ4v) is 3.57. The van der Waals surface area contributed by atoms with Gasteiger partial charge in [0, 0.05) is 0 Å². The number of nitrogens with zero attached hydrogens (tertiary/aromatic N) is 1. The lowest BCUT2D eigenvalue weighted by atomic mass is 10.0. The van der Waals surface area contributed by atoms with Crippen LogP contribution < -0.4 is 10.6 Å². The van der Waals surface area contributed by atoms with Gasteiger partial charge in [0.15, 0.2) is 0 Å². The molecule has 0 radical (unpaired) electrons. The summed E-state index contributed by atoms with van der Waals surface area (Å²) in [6.07, 6.45) is 0. The smallest absolute Gasteiger partial charge is 0.254 e. The van der Waals surface area contributed by atoms with Crippen molar-refractivity contribution in [1.29, 1.82) is 0 Å². The van der Waals surface area contributed by atoms with Crippen molar-refractivity contribution in [2.75, 3.05) is 0 Å². The minimum Gasteiger partial charge on any atom is -0.348 e. The molecule has 140 valence electrons. The van der Waals surface area contributed by atoms with E-state index in [1.165, 1.54) is 29.5 Å². The number of nitrogens with one attached hydrogen (secondary N) is 2. The van der Waals surface area contributed by atoms with Gasteiger partial charge in [-0.2, -0.15) is 0 Å². The molecule has 0 spiro atoms. The monoisotopic (exact) mass is 385 g/mol. The second kappa shape index (κ2) is 8.26. The highest BCUT2D eigenvalue weighted by molar-refractivity contribution is 7.18. The van der Waals surface area contributed by atoms with Crippen molar-refractivity contribution in [2.24, 2.45) is 5.92 Å². The fourth-order valence-electron chi connectivity index (χ4n) is 2.67. The third-order valence-corrected chi connectivity index (χ3v) is 5.14. The Morgan fingerprint density at radius 3 is 2.52 bits per heavy atom. The standard InChI is InChI=1S/C20H20FN3O2S/c1-12(2)18(24-19(25)13-7-3-4-8-14(13)21)20(26)22-11-17-23-15-9-5-6-10-16(15)27-17/h3-10,12,18H,11H2,1-2H3,(H,22,26)(H,24,25)/t18-/m1/s1. The first-order chi connectivity index (χ1) is 13.0. The van der Waals surface area contributed by atoms with Gasteiger partial charge in [0.25, 0.3) is 5.91 Å². The van der Waals surface area contributed by atoms with E-state index in [9.17, 15) is 14.0 Å². The molecule has 2 N–H and O–H groups in total. The summed E-state index contributed by atoms with van der Waals surface area (Å²) in [4.78, 5) is 29.4. The number of rotatable bonds is 6. The molecule has 0 aliphatic rings. The minimum absolute atomic E-state index is 0.0814. The summed E-state index contributed by atoms with van der Waals surface area (Å²) >= 11 is 1.51. The maximum atomic E-state index is 13.8. The second-order valence-corrected chi connectivity index (χ2v) is 7.58. The van der Waals surface area contributed by atoms with Crippen molar-refractivity contribution < 1.29 is 14.0 Å². The molecular formula is C20H20FN3O2S. The van der Waals surface area contributed by atoms with Crippen molar-refractivity contribution >= 4 is 33.4 Å². The van der Waals surface area contributed by atoms with Gasteiger partial charge in [-0.3, -0.25) is 9.59 Å². The lowest BCUT2D eigenvalue weighted by Crippen LogP contribution is -2.49. The van der Waals surface area contributed by atoms with Crippen molar-refractivity contribution in [3.63, 3.8) is 0 Å². The fraction of sp³-hybridized carbons (Fsp3) is 0.250. The molecule has 2 amide bonds. The summed E-state index contributed by atoms with van der Waals surface area (Å²) in [5, 5.41) is 6.23. The van der Waals surface area contributed by atoms with Gasteiger partial charge in [-0.25, -0.2) is 9.37 Å². The van der Waals surface area contributed by atoms with Crippen LogP contribution in [0, 0.1) is 11.7 Å². The van der Waals surface area contributed by atoms with E-state index < -0.39 is 17.8 Å². The van der Waals surface area contributed by atoms with Gasteiger partial charge in [0.05, 0.1) is 22.3 Å². The van der Waals surface area contributed by atoms with E-state index in [0.717, 1.165) is 15.2 Å². The number of para-hydroxylation sites is 1. The van der Waals surface area contributed by atoms with Crippen molar-refractivity contribution in [3.8, 4) is 0 Å². The molecule has 0 fully saturated rings. The lowest BCUT2D eigenvalue weighted by molar-refractivity contribution is -0.124. The Bertz CT molecular complexity index is 938. The maximum Gasteiger partial charge on any atom is 0.254 e. The van der Waals surface area contributed by atoms with E-state index in [2.05, 4.69) is 15.6 Å². The molecule has 0 aliphatic heterocycles. The first-order valence-corrected chi connectivity index (χ1v) is 9.45. The van der Waals surface area contributed by atoms with E-state index in [-0.39, 0.29) is 23.9 Å². The van der Waals surface area contributed by atoms with Crippen LogP contribution in [0.5, 0.6) is 0 Å². The highest BCUT2D eigenvalue weighted by atomic mass is 32.1. The number of thiazole rings is 1. The third kappa shape index (κ3) is 4.49. The number of carbonyl (C=O) groups is 2. The Hall–Kier alpha value is -2.80. The molecule has 3 aromatic rings. The summed E-state index contributed by atoms with van der Waals surface area (Å²) in [6.45, 7) is 3.92. The molecule has 0 bridgehead atoms. The first-order valence-electron chi connectivity index (χ1n) is 8.63. The van der Waals surface area contributed by atoms with Gasteiger partial charge in [0.1, 0.15) is 16.9 Å². The summed E-state index contributed by atoms with van der Waals surface area (Å²) in [7, 11) is 0. The molecule has 2 aromatic carbocycles. The molecule has 0 saturated heterocycles. The van der Waals surface area contributed by atoms with E-state index in [1.807, 2.05) is 38.1 Å². The molecule has 0 saturated carbocycles. The number of carbonyl (C=O) groups excluding carboxylic acids is 2. The summed E-state index contributed by atoms with van der Waals surface area (Å²) < 4.78 is 14.8. The second-order valence-electron chi connectivity index (χ2n) is 6.47. The Morgan fingerprint density at radius 1 is 1.11 bits per heavy atom. The zero-order chi connectivity index (χ0) is 19.4. The van der Waals surface area contributed by atoms with Crippen molar-refractivity contribution in [3.05, 3.63) is 64.9 Å². The summed E-state index contributed by atoms with van der Waals surface area (Å²) in [5.74, 6) is -1.71. The van der Waals surface area contributed by atoms with Crippen LogP contribution in [0.4, 0.5) is 4.39 Å². The number of halogens is 1. The highest BCUT2D eigenvalue weighted by Crippen LogP contribution is 2.21. The van der Waals surface area contributed by atoms with Gasteiger partial charge in [-0.05, 0) is 30.2 Å². The Labute approximate surface area is 160 Å². The number of benzene rings is 2. The molecule has 1 atom stereocenters. The van der Waals surface area contributed by atoms with Gasteiger partial charge in [-0.1, -0.05) is 38.1 Å². The third-order valence-electron chi connectivity index (χ3n) is 4.11. The average molecular weight is 385 g/mol. The summed E-state index contributed by atoms with van der Waals surface area (Å²) in [6, 6.07) is 12.7. The number of aromatic nitrogens is 1. The average Bonchev–Trinajstić information content (AvgIpc) is 3.07. The molecule has 5 nitrogen and oxygen atoms in total. The van der Waals surface area contributed by atoms with Crippen LogP contribution in [-0.4, -0.2) is 22.8 Å². The SMILES string of the molecule is CC(C)[C@@H](NC(=O)c1ccccc1F)C(=O)NCc1nc2ccccc2s1. The van der Waals surface area contributed by atoms with Gasteiger partial charge >= 0.3 is 0 Å². The molecular weight excluding hydrogens is 365 g/mol.